The fourth-order valence-corrected chi connectivity index (χ4v) is 5.99. The standard InChI is InChI=1S/C28H31NO10/c1-11-23(32)14(29)7-18(38-11)39-16-9-28(2,17(31)10-30)8-13-20(16)27(36)22-21(25(13)34)24(33)12-5-4-6-15(37-3)19(12)26(22)35/h4-6,11,14,16,18,23,30,32,34,36H,7-10,29H2,1-3H3/t11-,14-,16-,18-,23-,28+/m0/s1. The summed E-state index contributed by atoms with van der Waals surface area (Å²) in [4.78, 5) is 40.1. The molecule has 5 rings (SSSR count). The molecule has 0 spiro atoms. The first-order chi connectivity index (χ1) is 18.4. The maximum Gasteiger partial charge on any atom is 0.202 e. The van der Waals surface area contributed by atoms with Crippen molar-refractivity contribution in [1.29, 1.82) is 0 Å². The Morgan fingerprint density at radius 1 is 1.15 bits per heavy atom. The Hall–Kier alpha value is -3.35. The number of carbonyl (C=O) groups is 3. The van der Waals surface area contributed by atoms with Crippen LogP contribution >= 0.6 is 0 Å². The van der Waals surface area contributed by atoms with Crippen molar-refractivity contribution in [3.8, 4) is 17.2 Å². The molecule has 6 N–H and O–H groups in total. The van der Waals surface area contributed by atoms with Crippen LogP contribution in [-0.4, -0.2) is 76.0 Å². The highest BCUT2D eigenvalue weighted by molar-refractivity contribution is 6.31. The number of Topliss-reactive ketones (excluding diaryl/α,β-unsaturated/α-hetero) is 1. The average Bonchev–Trinajstić information content (AvgIpc) is 2.90. The molecule has 39 heavy (non-hydrogen) atoms. The van der Waals surface area contributed by atoms with E-state index in [2.05, 4.69) is 0 Å². The molecule has 2 aromatic carbocycles. The molecule has 3 aliphatic rings. The van der Waals surface area contributed by atoms with E-state index in [1.54, 1.807) is 13.8 Å². The highest BCUT2D eigenvalue weighted by Crippen LogP contribution is 2.54. The van der Waals surface area contributed by atoms with Gasteiger partial charge in [-0.3, -0.25) is 14.4 Å². The van der Waals surface area contributed by atoms with Gasteiger partial charge in [0.15, 0.2) is 17.9 Å². The lowest BCUT2D eigenvalue weighted by atomic mass is 9.67. The van der Waals surface area contributed by atoms with E-state index in [4.69, 9.17) is 19.9 Å². The van der Waals surface area contributed by atoms with Crippen LogP contribution in [0.2, 0.25) is 0 Å². The van der Waals surface area contributed by atoms with Crippen molar-refractivity contribution in [3.63, 3.8) is 0 Å². The van der Waals surface area contributed by atoms with Gasteiger partial charge in [0, 0.05) is 34.6 Å². The summed E-state index contributed by atoms with van der Waals surface area (Å²) >= 11 is 0. The van der Waals surface area contributed by atoms with Crippen molar-refractivity contribution in [2.45, 2.75) is 63.8 Å². The predicted octanol–water partition coefficient (Wildman–Crippen LogP) is 1.28. The highest BCUT2D eigenvalue weighted by atomic mass is 16.7. The van der Waals surface area contributed by atoms with E-state index < -0.39 is 71.5 Å². The zero-order valence-corrected chi connectivity index (χ0v) is 21.8. The fraction of sp³-hybridized carbons (Fsp3) is 0.464. The van der Waals surface area contributed by atoms with Gasteiger partial charge in [0.05, 0.1) is 42.1 Å². The van der Waals surface area contributed by atoms with E-state index in [1.165, 1.54) is 25.3 Å². The number of ether oxygens (including phenoxy) is 3. The van der Waals surface area contributed by atoms with E-state index in [0.29, 0.717) is 0 Å². The molecule has 11 heteroatoms. The number of phenols is 2. The minimum atomic E-state index is -1.24. The topological polar surface area (TPSA) is 186 Å². The molecule has 11 nitrogen and oxygen atoms in total. The highest BCUT2D eigenvalue weighted by Gasteiger charge is 2.48. The molecule has 0 amide bonds. The molecular formula is C28H31NO10. The number of hydrogen-bond donors (Lipinski definition) is 5. The maximum absolute atomic E-state index is 13.7. The third-order valence-corrected chi connectivity index (χ3v) is 8.17. The van der Waals surface area contributed by atoms with Crippen molar-refractivity contribution in [1.82, 2.24) is 0 Å². The number of aliphatic hydroxyl groups excluding tert-OH is 2. The second-order valence-corrected chi connectivity index (χ2v) is 10.7. The van der Waals surface area contributed by atoms with Gasteiger partial charge >= 0.3 is 0 Å². The summed E-state index contributed by atoms with van der Waals surface area (Å²) < 4.78 is 17.3. The molecule has 1 aliphatic heterocycles. The van der Waals surface area contributed by atoms with Crippen LogP contribution in [0.5, 0.6) is 17.2 Å². The molecule has 0 bridgehead atoms. The molecule has 0 radical (unpaired) electrons. The summed E-state index contributed by atoms with van der Waals surface area (Å²) in [5.41, 5.74) is 4.14. The number of benzene rings is 2. The SMILES string of the molecule is COc1cccc2c1C(=O)c1c(O)c3c(c(O)c1C2=O)C[C@@](C)(C(=O)CO)C[C@@H]3O[C@H]1C[C@H](N)[C@@H](O)[C@H](C)O1. The summed E-state index contributed by atoms with van der Waals surface area (Å²) in [7, 11) is 1.35. The van der Waals surface area contributed by atoms with Gasteiger partial charge in [-0.05, 0) is 25.8 Å². The minimum absolute atomic E-state index is 0.0106. The summed E-state index contributed by atoms with van der Waals surface area (Å²) in [6.07, 6.45) is -3.68. The maximum atomic E-state index is 13.7. The predicted molar refractivity (Wildman–Crippen MR) is 135 cm³/mol. The van der Waals surface area contributed by atoms with Gasteiger partial charge in [-0.25, -0.2) is 0 Å². The third kappa shape index (κ3) is 4.12. The molecule has 2 aliphatic carbocycles. The Bertz CT molecular complexity index is 1380. The van der Waals surface area contributed by atoms with E-state index in [-0.39, 0.29) is 58.4 Å². The number of hydrogen-bond acceptors (Lipinski definition) is 11. The number of phenolic OH excluding ortho intramolecular Hbond substituents is 2. The number of aromatic hydroxyl groups is 2. The molecule has 1 heterocycles. The zero-order chi connectivity index (χ0) is 28.4. The molecular weight excluding hydrogens is 510 g/mol. The molecule has 2 aromatic rings. The van der Waals surface area contributed by atoms with Crippen molar-refractivity contribution < 1.29 is 49.0 Å². The molecule has 0 unspecified atom stereocenters. The van der Waals surface area contributed by atoms with Gasteiger partial charge in [0.1, 0.15) is 23.9 Å². The van der Waals surface area contributed by atoms with Crippen LogP contribution in [0.4, 0.5) is 0 Å². The van der Waals surface area contributed by atoms with Crippen LogP contribution in [-0.2, 0) is 20.7 Å². The van der Waals surface area contributed by atoms with Crippen LogP contribution in [0, 0.1) is 5.41 Å². The molecule has 208 valence electrons. The van der Waals surface area contributed by atoms with Gasteiger partial charge in [0.2, 0.25) is 5.78 Å². The normalized spacial score (nSPS) is 29.8. The lowest BCUT2D eigenvalue weighted by molar-refractivity contribution is -0.245. The Balaban J connectivity index is 1.69. The lowest BCUT2D eigenvalue weighted by Crippen LogP contribution is -2.52. The fourth-order valence-electron chi connectivity index (χ4n) is 5.99. The van der Waals surface area contributed by atoms with E-state index in [0.717, 1.165) is 0 Å². The summed E-state index contributed by atoms with van der Waals surface area (Å²) in [5, 5.41) is 42.8. The van der Waals surface area contributed by atoms with Crippen LogP contribution < -0.4 is 10.5 Å². The van der Waals surface area contributed by atoms with Gasteiger partial charge in [-0.2, -0.15) is 0 Å². The summed E-state index contributed by atoms with van der Waals surface area (Å²) in [6, 6.07) is 3.82. The number of methoxy groups -OCH3 is 1. The van der Waals surface area contributed by atoms with Crippen LogP contribution in [0.25, 0.3) is 0 Å². The second kappa shape index (κ2) is 9.68. The second-order valence-electron chi connectivity index (χ2n) is 10.7. The van der Waals surface area contributed by atoms with Gasteiger partial charge in [-0.15, -0.1) is 0 Å². The Labute approximate surface area is 224 Å². The summed E-state index contributed by atoms with van der Waals surface area (Å²) in [5.74, 6) is -2.88. The number of rotatable bonds is 5. The smallest absolute Gasteiger partial charge is 0.202 e. The quantitative estimate of drug-likeness (QED) is 0.293. The average molecular weight is 542 g/mol. The number of nitrogens with two attached hydrogens (primary N) is 1. The largest absolute Gasteiger partial charge is 0.507 e. The number of carbonyl (C=O) groups excluding carboxylic acids is 3. The zero-order valence-electron chi connectivity index (χ0n) is 21.8. The molecule has 1 fully saturated rings. The number of fused-ring (bicyclic) bond motifs is 3. The Morgan fingerprint density at radius 2 is 1.85 bits per heavy atom. The first-order valence-corrected chi connectivity index (χ1v) is 12.7. The molecule has 0 saturated carbocycles. The van der Waals surface area contributed by atoms with Crippen molar-refractivity contribution in [3.05, 3.63) is 51.6 Å². The van der Waals surface area contributed by atoms with Crippen LogP contribution in [0.3, 0.4) is 0 Å². The first-order valence-electron chi connectivity index (χ1n) is 12.7. The van der Waals surface area contributed by atoms with Crippen molar-refractivity contribution >= 4 is 17.3 Å². The summed E-state index contributed by atoms with van der Waals surface area (Å²) in [6.45, 7) is 2.45. The van der Waals surface area contributed by atoms with E-state index in [9.17, 15) is 34.8 Å². The number of ketones is 3. The van der Waals surface area contributed by atoms with E-state index in [1.807, 2.05) is 0 Å². The van der Waals surface area contributed by atoms with Gasteiger partial charge < -0.3 is 40.4 Å². The Kier molecular flexibility index (Phi) is 6.76. The minimum Gasteiger partial charge on any atom is -0.507 e. The van der Waals surface area contributed by atoms with Crippen molar-refractivity contribution in [2.24, 2.45) is 11.1 Å². The van der Waals surface area contributed by atoms with Crippen molar-refractivity contribution in [2.75, 3.05) is 13.7 Å². The monoisotopic (exact) mass is 541 g/mol. The van der Waals surface area contributed by atoms with E-state index >= 15 is 0 Å². The lowest BCUT2D eigenvalue weighted by Gasteiger charge is -2.42. The van der Waals surface area contributed by atoms with Gasteiger partial charge in [-0.1, -0.05) is 19.1 Å². The third-order valence-electron chi connectivity index (χ3n) is 8.17. The molecule has 6 atom stereocenters. The molecule has 0 aromatic heterocycles. The first kappa shape index (κ1) is 27.2. The van der Waals surface area contributed by atoms with Crippen LogP contribution in [0.1, 0.15) is 75.8 Å². The number of aliphatic hydroxyl groups is 2. The molecule has 1 saturated heterocycles. The van der Waals surface area contributed by atoms with Gasteiger partial charge in [0.25, 0.3) is 0 Å². The van der Waals surface area contributed by atoms with Crippen LogP contribution in [0.15, 0.2) is 18.2 Å². The Morgan fingerprint density at radius 3 is 2.49 bits per heavy atom.